The highest BCUT2D eigenvalue weighted by Gasteiger charge is 2.12. The molecule has 0 saturated heterocycles. The number of pyridine rings is 1. The van der Waals surface area contributed by atoms with E-state index in [1.54, 1.807) is 13.3 Å². The number of nitrogens with zero attached hydrogens (tertiary/aromatic N) is 1. The number of terminal acetylenes is 1. The van der Waals surface area contributed by atoms with Gasteiger partial charge in [-0.1, -0.05) is 12.8 Å². The van der Waals surface area contributed by atoms with E-state index in [2.05, 4.69) is 23.1 Å². The zero-order valence-corrected chi connectivity index (χ0v) is 9.16. The molecule has 3 nitrogen and oxygen atoms in total. The minimum Gasteiger partial charge on any atom is -0.481 e. The van der Waals surface area contributed by atoms with E-state index in [1.807, 2.05) is 12.1 Å². The van der Waals surface area contributed by atoms with Gasteiger partial charge in [0, 0.05) is 11.8 Å². The van der Waals surface area contributed by atoms with Crippen molar-refractivity contribution in [1.29, 1.82) is 0 Å². The Hall–Kier alpha value is -1.53. The normalized spacial score (nSPS) is 11.8. The van der Waals surface area contributed by atoms with Crippen molar-refractivity contribution in [2.75, 3.05) is 13.7 Å². The van der Waals surface area contributed by atoms with Crippen molar-refractivity contribution in [3.63, 3.8) is 0 Å². The predicted molar refractivity (Wildman–Crippen MR) is 60.7 cm³/mol. The van der Waals surface area contributed by atoms with Gasteiger partial charge in [0.25, 0.3) is 0 Å². The van der Waals surface area contributed by atoms with Gasteiger partial charge < -0.3 is 4.74 Å². The zero-order valence-electron chi connectivity index (χ0n) is 9.16. The lowest BCUT2D eigenvalue weighted by Crippen LogP contribution is -2.21. The van der Waals surface area contributed by atoms with Crippen LogP contribution in [-0.2, 0) is 0 Å². The van der Waals surface area contributed by atoms with E-state index in [0.29, 0.717) is 5.88 Å². The number of methoxy groups -OCH3 is 1. The summed E-state index contributed by atoms with van der Waals surface area (Å²) in [7, 11) is 1.60. The fraction of sp³-hybridized carbons (Fsp3) is 0.417. The van der Waals surface area contributed by atoms with Crippen LogP contribution in [0.15, 0.2) is 18.3 Å². The molecule has 0 amide bonds. The van der Waals surface area contributed by atoms with Crippen LogP contribution >= 0.6 is 0 Å². The van der Waals surface area contributed by atoms with E-state index >= 15 is 0 Å². The monoisotopic (exact) mass is 204 g/mol. The molecule has 0 aliphatic heterocycles. The van der Waals surface area contributed by atoms with Crippen molar-refractivity contribution >= 4 is 0 Å². The van der Waals surface area contributed by atoms with Crippen molar-refractivity contribution < 1.29 is 4.74 Å². The number of aromatic nitrogens is 1. The number of rotatable bonds is 5. The molecule has 0 saturated carbocycles. The number of nitrogens with one attached hydrogen (secondary N) is 1. The van der Waals surface area contributed by atoms with Gasteiger partial charge in [0.1, 0.15) is 0 Å². The van der Waals surface area contributed by atoms with Crippen LogP contribution in [0.25, 0.3) is 0 Å². The lowest BCUT2D eigenvalue weighted by atomic mass is 10.1. The number of hydrogen-bond donors (Lipinski definition) is 1. The fourth-order valence-electron chi connectivity index (χ4n) is 1.34. The van der Waals surface area contributed by atoms with Crippen molar-refractivity contribution in [1.82, 2.24) is 10.3 Å². The topological polar surface area (TPSA) is 34.2 Å². The summed E-state index contributed by atoms with van der Waals surface area (Å²) in [6.45, 7) is 2.98. The average Bonchev–Trinajstić information content (AvgIpc) is 2.30. The molecule has 0 aromatic carbocycles. The molecule has 1 atom stereocenters. The van der Waals surface area contributed by atoms with E-state index in [9.17, 15) is 0 Å². The molecule has 0 aliphatic rings. The third-order valence-corrected chi connectivity index (χ3v) is 2.07. The van der Waals surface area contributed by atoms with Crippen molar-refractivity contribution in [3.05, 3.63) is 23.9 Å². The van der Waals surface area contributed by atoms with Crippen LogP contribution in [0.2, 0.25) is 0 Å². The summed E-state index contributed by atoms with van der Waals surface area (Å²) in [5.41, 5.74) is 0.913. The Kier molecular flexibility index (Phi) is 4.65. The highest BCUT2D eigenvalue weighted by Crippen LogP contribution is 2.21. The van der Waals surface area contributed by atoms with E-state index in [-0.39, 0.29) is 6.04 Å². The summed E-state index contributed by atoms with van der Waals surface area (Å²) in [6.07, 6.45) is 8.21. The molecule has 1 heterocycles. The molecule has 0 aliphatic carbocycles. The lowest BCUT2D eigenvalue weighted by molar-refractivity contribution is 0.388. The highest BCUT2D eigenvalue weighted by molar-refractivity contribution is 5.33. The SMILES string of the molecule is C#CC(NCCC)c1cccnc1OC. The summed E-state index contributed by atoms with van der Waals surface area (Å²) in [5.74, 6) is 3.28. The summed E-state index contributed by atoms with van der Waals surface area (Å²) in [5, 5.41) is 3.25. The third-order valence-electron chi connectivity index (χ3n) is 2.07. The first-order chi connectivity index (χ1) is 7.33. The standard InChI is InChI=1S/C12H16N2O/c1-4-8-13-11(5-2)10-7-6-9-14-12(10)15-3/h2,6-7,9,11,13H,4,8H2,1,3H3. The Morgan fingerprint density at radius 3 is 3.07 bits per heavy atom. The van der Waals surface area contributed by atoms with Gasteiger partial charge in [-0.25, -0.2) is 4.98 Å². The van der Waals surface area contributed by atoms with Crippen LogP contribution in [0.1, 0.15) is 24.9 Å². The van der Waals surface area contributed by atoms with Crippen LogP contribution in [0.4, 0.5) is 0 Å². The quantitative estimate of drug-likeness (QED) is 0.742. The molecule has 15 heavy (non-hydrogen) atoms. The van der Waals surface area contributed by atoms with Crippen LogP contribution in [0.3, 0.4) is 0 Å². The van der Waals surface area contributed by atoms with Gasteiger partial charge in [-0.15, -0.1) is 6.42 Å². The van der Waals surface area contributed by atoms with Gasteiger partial charge in [0.15, 0.2) is 0 Å². The van der Waals surface area contributed by atoms with Gasteiger partial charge >= 0.3 is 0 Å². The van der Waals surface area contributed by atoms with Crippen molar-refractivity contribution in [3.8, 4) is 18.2 Å². The first-order valence-electron chi connectivity index (χ1n) is 5.01. The van der Waals surface area contributed by atoms with E-state index in [4.69, 9.17) is 11.2 Å². The lowest BCUT2D eigenvalue weighted by Gasteiger charge is -2.14. The van der Waals surface area contributed by atoms with Gasteiger partial charge in [-0.3, -0.25) is 5.32 Å². The van der Waals surface area contributed by atoms with Gasteiger partial charge in [-0.2, -0.15) is 0 Å². The Morgan fingerprint density at radius 2 is 2.47 bits per heavy atom. The Labute approximate surface area is 90.9 Å². The molecule has 1 aromatic heterocycles. The first kappa shape index (κ1) is 11.5. The predicted octanol–water partition coefficient (Wildman–Crippen LogP) is 1.76. The molecular weight excluding hydrogens is 188 g/mol. The number of ether oxygens (including phenoxy) is 1. The molecular formula is C12H16N2O. The molecule has 0 radical (unpaired) electrons. The summed E-state index contributed by atoms with van der Waals surface area (Å²) >= 11 is 0. The van der Waals surface area contributed by atoms with E-state index < -0.39 is 0 Å². The minimum atomic E-state index is -0.131. The second-order valence-electron chi connectivity index (χ2n) is 3.16. The van der Waals surface area contributed by atoms with Gasteiger partial charge in [0.05, 0.1) is 13.2 Å². The maximum Gasteiger partial charge on any atom is 0.218 e. The minimum absolute atomic E-state index is 0.131. The summed E-state index contributed by atoms with van der Waals surface area (Å²) in [4.78, 5) is 4.12. The molecule has 0 fully saturated rings. The molecule has 1 unspecified atom stereocenters. The maximum absolute atomic E-state index is 5.47. The molecule has 0 bridgehead atoms. The molecule has 1 rings (SSSR count). The molecule has 0 spiro atoms. The maximum atomic E-state index is 5.47. The summed E-state index contributed by atoms with van der Waals surface area (Å²) in [6, 6.07) is 3.66. The summed E-state index contributed by atoms with van der Waals surface area (Å²) < 4.78 is 5.16. The average molecular weight is 204 g/mol. The van der Waals surface area contributed by atoms with E-state index in [0.717, 1.165) is 18.5 Å². The second-order valence-corrected chi connectivity index (χ2v) is 3.16. The van der Waals surface area contributed by atoms with Crippen LogP contribution in [0.5, 0.6) is 5.88 Å². The highest BCUT2D eigenvalue weighted by atomic mass is 16.5. The second kappa shape index (κ2) is 6.05. The number of hydrogen-bond acceptors (Lipinski definition) is 3. The molecule has 80 valence electrons. The van der Waals surface area contributed by atoms with Gasteiger partial charge in [-0.05, 0) is 25.1 Å². The first-order valence-corrected chi connectivity index (χ1v) is 5.01. The zero-order chi connectivity index (χ0) is 11.1. The Balaban J connectivity index is 2.86. The third kappa shape index (κ3) is 2.97. The van der Waals surface area contributed by atoms with Crippen LogP contribution in [0, 0.1) is 12.3 Å². The molecule has 1 N–H and O–H groups in total. The van der Waals surface area contributed by atoms with Crippen LogP contribution in [-0.4, -0.2) is 18.6 Å². The Morgan fingerprint density at radius 1 is 1.67 bits per heavy atom. The van der Waals surface area contributed by atoms with Crippen molar-refractivity contribution in [2.45, 2.75) is 19.4 Å². The molecule has 3 heteroatoms. The molecule has 1 aromatic rings. The fourth-order valence-corrected chi connectivity index (χ4v) is 1.34. The van der Waals surface area contributed by atoms with Crippen molar-refractivity contribution in [2.24, 2.45) is 0 Å². The largest absolute Gasteiger partial charge is 0.481 e. The van der Waals surface area contributed by atoms with E-state index in [1.165, 1.54) is 0 Å². The van der Waals surface area contributed by atoms with Crippen LogP contribution < -0.4 is 10.1 Å². The smallest absolute Gasteiger partial charge is 0.218 e. The Bertz CT molecular complexity index is 344. The van der Waals surface area contributed by atoms with Gasteiger partial charge in [0.2, 0.25) is 5.88 Å².